The maximum Gasteiger partial charge on any atom is 0.263 e. The second kappa shape index (κ2) is 7.58. The summed E-state index contributed by atoms with van der Waals surface area (Å²) in [6.45, 7) is 5.72. The summed E-state index contributed by atoms with van der Waals surface area (Å²) in [5.41, 5.74) is -0.338. The maximum atomic E-state index is 12.8. The van der Waals surface area contributed by atoms with E-state index in [1.807, 2.05) is 20.8 Å². The minimum absolute atomic E-state index is 0.0242. The topological polar surface area (TPSA) is 106 Å². The summed E-state index contributed by atoms with van der Waals surface area (Å²) in [4.78, 5) is -0.260. The Balaban J connectivity index is 1.94. The number of nitrogens with one attached hydrogen (secondary N) is 1. The highest BCUT2D eigenvalue weighted by molar-refractivity contribution is 9.10. The Morgan fingerprint density at radius 1 is 0.897 bits per heavy atom. The van der Waals surface area contributed by atoms with Crippen LogP contribution in [0, 0.1) is 0 Å². The van der Waals surface area contributed by atoms with E-state index in [1.165, 1.54) is 36.4 Å². The number of hydrogen-bond acceptors (Lipinski definition) is 6. The molecule has 0 bridgehead atoms. The maximum absolute atomic E-state index is 12.8. The summed E-state index contributed by atoms with van der Waals surface area (Å²) in [6.07, 6.45) is 0. The van der Waals surface area contributed by atoms with Gasteiger partial charge in [-0.1, -0.05) is 47.9 Å². The van der Waals surface area contributed by atoms with Crippen molar-refractivity contribution in [2.24, 2.45) is 0 Å². The molecule has 0 amide bonds. The van der Waals surface area contributed by atoms with Crippen molar-refractivity contribution >= 4 is 41.6 Å². The average molecular weight is 499 g/mol. The average Bonchev–Trinajstić information content (AvgIpc) is 3.10. The zero-order valence-corrected chi connectivity index (χ0v) is 19.1. The molecule has 3 rings (SSSR count). The van der Waals surface area contributed by atoms with Crippen LogP contribution in [0.3, 0.4) is 0 Å². The minimum Gasteiger partial charge on any atom is -0.359 e. The van der Waals surface area contributed by atoms with Gasteiger partial charge in [0.05, 0.1) is 14.7 Å². The first kappa shape index (κ1) is 21.5. The van der Waals surface area contributed by atoms with E-state index in [9.17, 15) is 16.8 Å². The van der Waals surface area contributed by atoms with Crippen LogP contribution in [0.2, 0.25) is 0 Å². The van der Waals surface area contributed by atoms with Crippen molar-refractivity contribution in [3.63, 3.8) is 0 Å². The van der Waals surface area contributed by atoms with E-state index in [4.69, 9.17) is 4.52 Å². The largest absolute Gasteiger partial charge is 0.359 e. The van der Waals surface area contributed by atoms with E-state index < -0.39 is 19.9 Å². The first-order valence-electron chi connectivity index (χ1n) is 8.50. The first-order valence-corrected chi connectivity index (χ1v) is 12.3. The molecule has 0 fully saturated rings. The molecule has 0 radical (unpaired) electrons. The van der Waals surface area contributed by atoms with Gasteiger partial charge in [0.15, 0.2) is 5.82 Å². The molecule has 1 aromatic heterocycles. The zero-order chi connectivity index (χ0) is 21.4. The normalized spacial score (nSPS) is 12.7. The fourth-order valence-corrected chi connectivity index (χ4v) is 5.11. The van der Waals surface area contributed by atoms with Crippen LogP contribution in [0.1, 0.15) is 26.5 Å². The molecular weight excluding hydrogens is 480 g/mol. The van der Waals surface area contributed by atoms with Gasteiger partial charge in [-0.3, -0.25) is 4.72 Å². The molecule has 0 aliphatic carbocycles. The number of nitrogens with zero attached hydrogens (tertiary/aromatic N) is 1. The summed E-state index contributed by atoms with van der Waals surface area (Å²) in [6, 6.07) is 12.8. The van der Waals surface area contributed by atoms with Gasteiger partial charge in [0.1, 0.15) is 5.76 Å². The van der Waals surface area contributed by atoms with Crippen LogP contribution in [-0.2, 0) is 25.3 Å². The number of hydrogen-bond donors (Lipinski definition) is 1. The SMILES string of the molecule is CC(C)(C)c1cc(NS(=O)(=O)c2cccc(S(=O)(=O)c3ccc(Br)cc3)c2)no1. The number of anilines is 1. The molecule has 0 spiro atoms. The van der Waals surface area contributed by atoms with Gasteiger partial charge in [0, 0.05) is 16.0 Å². The van der Waals surface area contributed by atoms with Crippen LogP contribution in [0.15, 0.2) is 78.3 Å². The lowest BCUT2D eigenvalue weighted by Gasteiger charge is -2.12. The molecule has 0 saturated heterocycles. The lowest BCUT2D eigenvalue weighted by atomic mass is 9.93. The Bertz CT molecular complexity index is 1240. The van der Waals surface area contributed by atoms with Crippen molar-refractivity contribution in [3.8, 4) is 0 Å². The van der Waals surface area contributed by atoms with Crippen LogP contribution in [0.25, 0.3) is 0 Å². The van der Waals surface area contributed by atoms with Crippen LogP contribution < -0.4 is 4.72 Å². The molecule has 1 heterocycles. The Morgan fingerprint density at radius 2 is 1.52 bits per heavy atom. The number of benzene rings is 2. The molecular formula is C19H19BrN2O5S2. The molecule has 0 aliphatic heterocycles. The quantitative estimate of drug-likeness (QED) is 0.559. The summed E-state index contributed by atoms with van der Waals surface area (Å²) in [5.74, 6) is 0.540. The molecule has 10 heteroatoms. The molecule has 154 valence electrons. The molecule has 2 aromatic carbocycles. The van der Waals surface area contributed by atoms with Gasteiger partial charge >= 0.3 is 0 Å². The smallest absolute Gasteiger partial charge is 0.263 e. The highest BCUT2D eigenvalue weighted by Crippen LogP contribution is 2.27. The van der Waals surface area contributed by atoms with E-state index in [0.717, 1.165) is 10.5 Å². The van der Waals surface area contributed by atoms with Gasteiger partial charge in [-0.25, -0.2) is 16.8 Å². The Labute approximate surface area is 178 Å². The van der Waals surface area contributed by atoms with Gasteiger partial charge in [0.2, 0.25) is 9.84 Å². The highest BCUT2D eigenvalue weighted by Gasteiger charge is 2.24. The fourth-order valence-electron chi connectivity index (χ4n) is 2.43. The summed E-state index contributed by atoms with van der Waals surface area (Å²) < 4.78 is 59.4. The third-order valence-corrected chi connectivity index (χ3v) is 7.69. The van der Waals surface area contributed by atoms with Crippen molar-refractivity contribution in [2.45, 2.75) is 40.9 Å². The third kappa shape index (κ3) is 4.71. The highest BCUT2D eigenvalue weighted by atomic mass is 79.9. The van der Waals surface area contributed by atoms with E-state index >= 15 is 0 Å². The van der Waals surface area contributed by atoms with Crippen molar-refractivity contribution in [2.75, 3.05) is 4.72 Å². The van der Waals surface area contributed by atoms with Gasteiger partial charge in [-0.05, 0) is 42.5 Å². The van der Waals surface area contributed by atoms with Crippen LogP contribution in [0.4, 0.5) is 5.82 Å². The van der Waals surface area contributed by atoms with E-state index in [1.54, 1.807) is 12.1 Å². The Hall–Kier alpha value is -2.17. The van der Waals surface area contributed by atoms with Crippen molar-refractivity contribution in [1.29, 1.82) is 0 Å². The van der Waals surface area contributed by atoms with Gasteiger partial charge in [-0.15, -0.1) is 0 Å². The first-order chi connectivity index (χ1) is 13.4. The molecule has 0 saturated carbocycles. The predicted molar refractivity (Wildman–Crippen MR) is 112 cm³/mol. The zero-order valence-electron chi connectivity index (χ0n) is 15.9. The van der Waals surface area contributed by atoms with E-state index in [0.29, 0.717) is 5.76 Å². The lowest BCUT2D eigenvalue weighted by Crippen LogP contribution is -2.14. The number of sulfonamides is 1. The minimum atomic E-state index is -4.06. The van der Waals surface area contributed by atoms with Crippen LogP contribution in [0.5, 0.6) is 0 Å². The second-order valence-corrected chi connectivity index (χ2v) is 11.9. The summed E-state index contributed by atoms with van der Waals surface area (Å²) in [5, 5.41) is 3.73. The lowest BCUT2D eigenvalue weighted by molar-refractivity contribution is 0.331. The fraction of sp³-hybridized carbons (Fsp3) is 0.211. The third-order valence-electron chi connectivity index (χ3n) is 4.04. The van der Waals surface area contributed by atoms with Gasteiger partial charge < -0.3 is 4.52 Å². The second-order valence-electron chi connectivity index (χ2n) is 7.36. The van der Waals surface area contributed by atoms with Crippen LogP contribution in [-0.4, -0.2) is 22.0 Å². The summed E-state index contributed by atoms with van der Waals surface area (Å²) >= 11 is 3.26. The van der Waals surface area contributed by atoms with Gasteiger partial charge in [0.25, 0.3) is 10.0 Å². The number of sulfone groups is 1. The Morgan fingerprint density at radius 3 is 2.10 bits per heavy atom. The molecule has 0 unspecified atom stereocenters. The molecule has 0 atom stereocenters. The standard InChI is InChI=1S/C19H19BrN2O5S2/c1-19(2,3)17-12-18(21-27-17)22-29(25,26)16-6-4-5-15(11-16)28(23,24)14-9-7-13(20)8-10-14/h4-12H,1-3H3,(H,21,22). The van der Waals surface area contributed by atoms with Crippen molar-refractivity contribution < 1.29 is 21.4 Å². The molecule has 0 aliphatic rings. The van der Waals surface area contributed by atoms with E-state index in [-0.39, 0.29) is 25.9 Å². The molecule has 7 nitrogen and oxygen atoms in total. The Kier molecular flexibility index (Phi) is 5.63. The predicted octanol–water partition coefficient (Wildman–Crippen LogP) is 4.37. The monoisotopic (exact) mass is 498 g/mol. The van der Waals surface area contributed by atoms with E-state index in [2.05, 4.69) is 25.8 Å². The summed E-state index contributed by atoms with van der Waals surface area (Å²) in [7, 11) is -7.94. The van der Waals surface area contributed by atoms with Crippen LogP contribution >= 0.6 is 15.9 Å². The number of halogens is 1. The van der Waals surface area contributed by atoms with Crippen molar-refractivity contribution in [3.05, 3.63) is 64.8 Å². The molecule has 1 N–H and O–H groups in total. The number of aromatic nitrogens is 1. The molecule has 29 heavy (non-hydrogen) atoms. The van der Waals surface area contributed by atoms with Gasteiger partial charge in [-0.2, -0.15) is 0 Å². The molecule has 3 aromatic rings. The number of rotatable bonds is 5. The van der Waals surface area contributed by atoms with Crippen molar-refractivity contribution in [1.82, 2.24) is 5.16 Å².